The van der Waals surface area contributed by atoms with Crippen molar-refractivity contribution < 1.29 is 14.6 Å². The molecular weight excluding hydrogens is 206 g/mol. The van der Waals surface area contributed by atoms with Crippen LogP contribution in [0.4, 0.5) is 0 Å². The molecule has 1 heterocycles. The number of carboxylic acid groups (broad SMARTS) is 1. The average molecular weight is 229 g/mol. The van der Waals surface area contributed by atoms with Gasteiger partial charge in [-0.3, -0.25) is 0 Å². The average Bonchev–Trinajstić information content (AvgIpc) is 2.73. The van der Waals surface area contributed by atoms with Gasteiger partial charge in [0.25, 0.3) is 0 Å². The Morgan fingerprint density at radius 1 is 1.44 bits per heavy atom. The van der Waals surface area contributed by atoms with Crippen LogP contribution in [-0.4, -0.2) is 36.4 Å². The molecule has 2 unspecified atom stereocenters. The fourth-order valence-electron chi connectivity index (χ4n) is 2.06. The van der Waals surface area contributed by atoms with Crippen LogP contribution in [0.5, 0.6) is 0 Å². The number of nitrogens with one attached hydrogen (secondary N) is 1. The van der Waals surface area contributed by atoms with Crippen molar-refractivity contribution in [1.29, 1.82) is 0 Å². The van der Waals surface area contributed by atoms with Gasteiger partial charge in [-0.1, -0.05) is 26.7 Å². The number of aliphatic carboxylic acids is 1. The van der Waals surface area contributed by atoms with Crippen molar-refractivity contribution in [3.63, 3.8) is 0 Å². The Morgan fingerprint density at radius 3 is 2.62 bits per heavy atom. The van der Waals surface area contributed by atoms with E-state index in [1.807, 2.05) is 0 Å². The van der Waals surface area contributed by atoms with Crippen LogP contribution in [0.15, 0.2) is 0 Å². The summed E-state index contributed by atoms with van der Waals surface area (Å²) in [6, 6.07) is 0. The van der Waals surface area contributed by atoms with Crippen molar-refractivity contribution in [2.24, 2.45) is 5.92 Å². The smallest absolute Gasteiger partial charge is 0.332 e. The monoisotopic (exact) mass is 229 g/mol. The van der Waals surface area contributed by atoms with E-state index in [-0.39, 0.29) is 6.10 Å². The number of hydrogen-bond acceptors (Lipinski definition) is 3. The third kappa shape index (κ3) is 4.10. The van der Waals surface area contributed by atoms with Crippen LogP contribution < -0.4 is 5.32 Å². The van der Waals surface area contributed by atoms with Gasteiger partial charge in [-0.2, -0.15) is 0 Å². The van der Waals surface area contributed by atoms with Gasteiger partial charge in [0.05, 0.1) is 6.10 Å². The molecule has 0 spiro atoms. The molecule has 1 fully saturated rings. The Bertz CT molecular complexity index is 216. The highest BCUT2D eigenvalue weighted by Gasteiger charge is 2.29. The van der Waals surface area contributed by atoms with E-state index >= 15 is 0 Å². The van der Waals surface area contributed by atoms with Gasteiger partial charge in [-0.25, -0.2) is 4.79 Å². The molecule has 0 saturated carbocycles. The number of hydrogen-bond donors (Lipinski definition) is 2. The first-order chi connectivity index (χ1) is 7.67. The molecule has 1 aliphatic rings. The Kier molecular flexibility index (Phi) is 5.77. The topological polar surface area (TPSA) is 58.6 Å². The lowest BCUT2D eigenvalue weighted by Crippen LogP contribution is -2.31. The van der Waals surface area contributed by atoms with Crippen molar-refractivity contribution in [3.8, 4) is 0 Å². The molecule has 0 radical (unpaired) electrons. The summed E-state index contributed by atoms with van der Waals surface area (Å²) in [7, 11) is 0. The van der Waals surface area contributed by atoms with E-state index in [0.29, 0.717) is 6.42 Å². The van der Waals surface area contributed by atoms with E-state index < -0.39 is 12.1 Å². The van der Waals surface area contributed by atoms with E-state index in [0.717, 1.165) is 25.4 Å². The minimum absolute atomic E-state index is 0.0791. The quantitative estimate of drug-likeness (QED) is 0.697. The molecular formula is C12H23NO3. The third-order valence-corrected chi connectivity index (χ3v) is 3.34. The predicted octanol–water partition coefficient (Wildman–Crippen LogP) is 1.64. The van der Waals surface area contributed by atoms with Crippen molar-refractivity contribution in [3.05, 3.63) is 0 Å². The fraction of sp³-hybridized carbons (Fsp3) is 0.917. The van der Waals surface area contributed by atoms with Crippen LogP contribution in [0.3, 0.4) is 0 Å². The van der Waals surface area contributed by atoms with Gasteiger partial charge in [0.1, 0.15) is 0 Å². The first kappa shape index (κ1) is 13.5. The standard InChI is InChI=1S/C12H23NO3/c1-3-9(4-2)7-13-8-10-5-6-11(16-10)12(14)15/h9-11,13H,3-8H2,1-2H3,(H,14,15). The van der Waals surface area contributed by atoms with Gasteiger partial charge < -0.3 is 15.2 Å². The van der Waals surface area contributed by atoms with E-state index in [9.17, 15) is 4.79 Å². The number of ether oxygens (including phenoxy) is 1. The number of carboxylic acids is 1. The second-order valence-corrected chi connectivity index (χ2v) is 4.50. The molecule has 4 nitrogen and oxygen atoms in total. The van der Waals surface area contributed by atoms with Crippen molar-refractivity contribution in [2.45, 2.75) is 51.7 Å². The molecule has 2 atom stereocenters. The van der Waals surface area contributed by atoms with Crippen LogP contribution >= 0.6 is 0 Å². The molecule has 1 saturated heterocycles. The van der Waals surface area contributed by atoms with Gasteiger partial charge in [0.2, 0.25) is 0 Å². The molecule has 0 aliphatic carbocycles. The third-order valence-electron chi connectivity index (χ3n) is 3.34. The lowest BCUT2D eigenvalue weighted by atomic mass is 10.0. The summed E-state index contributed by atoms with van der Waals surface area (Å²) >= 11 is 0. The largest absolute Gasteiger partial charge is 0.479 e. The molecule has 16 heavy (non-hydrogen) atoms. The zero-order chi connectivity index (χ0) is 12.0. The second-order valence-electron chi connectivity index (χ2n) is 4.50. The molecule has 94 valence electrons. The highest BCUT2D eigenvalue weighted by atomic mass is 16.5. The van der Waals surface area contributed by atoms with Crippen LogP contribution in [-0.2, 0) is 9.53 Å². The lowest BCUT2D eigenvalue weighted by Gasteiger charge is -2.16. The summed E-state index contributed by atoms with van der Waals surface area (Å²) < 4.78 is 5.41. The maximum Gasteiger partial charge on any atom is 0.332 e. The highest BCUT2D eigenvalue weighted by molar-refractivity contribution is 5.72. The molecule has 0 amide bonds. The Morgan fingerprint density at radius 2 is 2.12 bits per heavy atom. The maximum absolute atomic E-state index is 10.7. The first-order valence-corrected chi connectivity index (χ1v) is 6.26. The van der Waals surface area contributed by atoms with Crippen LogP contribution in [0.2, 0.25) is 0 Å². The van der Waals surface area contributed by atoms with Crippen molar-refractivity contribution in [1.82, 2.24) is 5.32 Å². The summed E-state index contributed by atoms with van der Waals surface area (Å²) in [6.45, 7) is 6.18. The second kappa shape index (κ2) is 6.86. The van der Waals surface area contributed by atoms with Crippen molar-refractivity contribution in [2.75, 3.05) is 13.1 Å². The number of rotatable bonds is 7. The molecule has 0 aromatic carbocycles. The van der Waals surface area contributed by atoms with Crippen LogP contribution in [0.1, 0.15) is 39.5 Å². The fourth-order valence-corrected chi connectivity index (χ4v) is 2.06. The van der Waals surface area contributed by atoms with E-state index in [2.05, 4.69) is 19.2 Å². The van der Waals surface area contributed by atoms with E-state index in [4.69, 9.17) is 9.84 Å². The molecule has 4 heteroatoms. The molecule has 1 aliphatic heterocycles. The molecule has 2 N–H and O–H groups in total. The first-order valence-electron chi connectivity index (χ1n) is 6.26. The lowest BCUT2D eigenvalue weighted by molar-refractivity contribution is -0.149. The summed E-state index contributed by atoms with van der Waals surface area (Å²) in [5, 5.41) is 12.1. The zero-order valence-electron chi connectivity index (χ0n) is 10.2. The minimum Gasteiger partial charge on any atom is -0.479 e. The van der Waals surface area contributed by atoms with Crippen LogP contribution in [0.25, 0.3) is 0 Å². The van der Waals surface area contributed by atoms with Gasteiger partial charge in [0.15, 0.2) is 6.10 Å². The zero-order valence-corrected chi connectivity index (χ0v) is 10.2. The number of carbonyl (C=O) groups is 1. The van der Waals surface area contributed by atoms with Gasteiger partial charge in [0, 0.05) is 6.54 Å². The van der Waals surface area contributed by atoms with Gasteiger partial charge in [-0.05, 0) is 25.3 Å². The van der Waals surface area contributed by atoms with E-state index in [1.165, 1.54) is 12.8 Å². The SMILES string of the molecule is CCC(CC)CNCC1CCC(C(=O)O)O1. The predicted molar refractivity (Wildman–Crippen MR) is 62.5 cm³/mol. The highest BCUT2D eigenvalue weighted by Crippen LogP contribution is 2.19. The Balaban J connectivity index is 2.13. The summed E-state index contributed by atoms with van der Waals surface area (Å²) in [4.78, 5) is 10.7. The molecule has 0 bridgehead atoms. The van der Waals surface area contributed by atoms with Gasteiger partial charge in [-0.15, -0.1) is 0 Å². The Hall–Kier alpha value is -0.610. The molecule has 1 rings (SSSR count). The van der Waals surface area contributed by atoms with Gasteiger partial charge >= 0.3 is 5.97 Å². The molecule has 0 aromatic rings. The normalized spacial score (nSPS) is 25.2. The van der Waals surface area contributed by atoms with Crippen LogP contribution in [0, 0.1) is 5.92 Å². The minimum atomic E-state index is -0.831. The maximum atomic E-state index is 10.7. The summed E-state index contributed by atoms with van der Waals surface area (Å²) in [5.74, 6) is -0.112. The Labute approximate surface area is 97.4 Å². The van der Waals surface area contributed by atoms with Crippen molar-refractivity contribution >= 4 is 5.97 Å². The summed E-state index contributed by atoms with van der Waals surface area (Å²) in [5.41, 5.74) is 0. The van der Waals surface area contributed by atoms with E-state index in [1.54, 1.807) is 0 Å². The molecule has 0 aromatic heterocycles. The summed E-state index contributed by atoms with van der Waals surface area (Å²) in [6.07, 6.45) is 3.37.